The number of hydrogen-bond donors (Lipinski definition) is 1. The fourth-order valence-corrected chi connectivity index (χ4v) is 1.54. The Morgan fingerprint density at radius 1 is 1.40 bits per heavy atom. The summed E-state index contributed by atoms with van der Waals surface area (Å²) in [4.78, 5) is 0. The minimum atomic E-state index is -2.47. The predicted octanol–water partition coefficient (Wildman–Crippen LogP) is 3.56. The van der Waals surface area contributed by atoms with Crippen LogP contribution in [-0.4, -0.2) is 5.54 Å². The van der Waals surface area contributed by atoms with Crippen molar-refractivity contribution in [2.45, 2.75) is 32.2 Å². The molecule has 0 atom stereocenters. The summed E-state index contributed by atoms with van der Waals surface area (Å²) in [6.45, 7) is 3.66. The highest BCUT2D eigenvalue weighted by molar-refractivity contribution is 6.31. The Labute approximate surface area is 93.2 Å². The fourth-order valence-electron chi connectivity index (χ4n) is 1.36. The van der Waals surface area contributed by atoms with E-state index in [1.165, 1.54) is 18.2 Å². The Hall–Kier alpha value is -0.670. The quantitative estimate of drug-likeness (QED) is 0.849. The molecule has 0 fully saturated rings. The first kappa shape index (κ1) is 12.4. The molecule has 4 heteroatoms. The summed E-state index contributed by atoms with van der Waals surface area (Å²) < 4.78 is 24.9. The second kappa shape index (κ2) is 4.45. The van der Waals surface area contributed by atoms with Crippen LogP contribution in [0.5, 0.6) is 0 Å². The van der Waals surface area contributed by atoms with Crippen LogP contribution >= 0.6 is 11.6 Å². The molecule has 15 heavy (non-hydrogen) atoms. The van der Waals surface area contributed by atoms with Gasteiger partial charge in [-0.2, -0.15) is 0 Å². The molecule has 0 saturated heterocycles. The first-order chi connectivity index (χ1) is 6.79. The minimum absolute atomic E-state index is 0.0151. The van der Waals surface area contributed by atoms with Crippen molar-refractivity contribution in [2.75, 3.05) is 0 Å². The average molecular weight is 234 g/mol. The first-order valence-corrected chi connectivity index (χ1v) is 5.03. The van der Waals surface area contributed by atoms with Gasteiger partial charge in [0.1, 0.15) is 0 Å². The van der Waals surface area contributed by atoms with E-state index in [-0.39, 0.29) is 5.56 Å². The standard InChI is InChI=1S/C11H14ClF2N/c1-11(2,15)6-8-5-7(10(13)14)3-4-9(8)12/h3-5,10H,6,15H2,1-2H3. The molecule has 0 amide bonds. The maximum atomic E-state index is 12.4. The van der Waals surface area contributed by atoms with Gasteiger partial charge in [0, 0.05) is 16.1 Å². The molecule has 0 unspecified atom stereocenters. The van der Waals surface area contributed by atoms with E-state index in [1.807, 2.05) is 13.8 Å². The van der Waals surface area contributed by atoms with Gasteiger partial charge in [0.2, 0.25) is 0 Å². The minimum Gasteiger partial charge on any atom is -0.325 e. The zero-order chi connectivity index (χ0) is 11.6. The second-order valence-electron chi connectivity index (χ2n) is 4.32. The number of halogens is 3. The lowest BCUT2D eigenvalue weighted by Gasteiger charge is -2.19. The van der Waals surface area contributed by atoms with Gasteiger partial charge in [0.15, 0.2) is 0 Å². The molecular formula is C11H14ClF2N. The van der Waals surface area contributed by atoms with Crippen LogP contribution < -0.4 is 5.73 Å². The molecule has 0 bridgehead atoms. The van der Waals surface area contributed by atoms with Crippen molar-refractivity contribution < 1.29 is 8.78 Å². The first-order valence-electron chi connectivity index (χ1n) is 4.65. The van der Waals surface area contributed by atoms with Gasteiger partial charge >= 0.3 is 0 Å². The van der Waals surface area contributed by atoms with Crippen LogP contribution in [0.4, 0.5) is 8.78 Å². The lowest BCUT2D eigenvalue weighted by Crippen LogP contribution is -2.34. The fraction of sp³-hybridized carbons (Fsp3) is 0.455. The van der Waals surface area contributed by atoms with Crippen LogP contribution in [0.25, 0.3) is 0 Å². The van der Waals surface area contributed by atoms with Gasteiger partial charge < -0.3 is 5.73 Å². The van der Waals surface area contributed by atoms with E-state index in [2.05, 4.69) is 0 Å². The van der Waals surface area contributed by atoms with E-state index in [0.717, 1.165) is 0 Å². The monoisotopic (exact) mass is 233 g/mol. The second-order valence-corrected chi connectivity index (χ2v) is 4.72. The smallest absolute Gasteiger partial charge is 0.263 e. The van der Waals surface area contributed by atoms with Crippen molar-refractivity contribution in [3.8, 4) is 0 Å². The maximum absolute atomic E-state index is 12.4. The van der Waals surface area contributed by atoms with Gasteiger partial charge in [-0.1, -0.05) is 17.7 Å². The van der Waals surface area contributed by atoms with Gasteiger partial charge in [-0.15, -0.1) is 0 Å². The number of hydrogen-bond acceptors (Lipinski definition) is 1. The summed E-state index contributed by atoms with van der Waals surface area (Å²) in [5.41, 5.74) is 6.02. The highest BCUT2D eigenvalue weighted by atomic mass is 35.5. The largest absolute Gasteiger partial charge is 0.325 e. The Morgan fingerprint density at radius 2 is 2.00 bits per heavy atom. The average Bonchev–Trinajstić information content (AvgIpc) is 2.06. The van der Waals surface area contributed by atoms with Gasteiger partial charge in [0.05, 0.1) is 0 Å². The van der Waals surface area contributed by atoms with E-state index >= 15 is 0 Å². The van der Waals surface area contributed by atoms with Gasteiger partial charge in [-0.05, 0) is 38.0 Å². The molecule has 1 rings (SSSR count). The molecular weight excluding hydrogens is 220 g/mol. The van der Waals surface area contributed by atoms with Crippen molar-refractivity contribution in [1.29, 1.82) is 0 Å². The molecule has 2 N–H and O–H groups in total. The van der Waals surface area contributed by atoms with Crippen LogP contribution in [0.2, 0.25) is 5.02 Å². The Balaban J connectivity index is 3.01. The number of rotatable bonds is 3. The van der Waals surface area contributed by atoms with Crippen LogP contribution in [0.1, 0.15) is 31.4 Å². The van der Waals surface area contributed by atoms with Crippen LogP contribution in [-0.2, 0) is 6.42 Å². The van der Waals surface area contributed by atoms with Crippen molar-refractivity contribution >= 4 is 11.6 Å². The molecule has 0 radical (unpaired) electrons. The zero-order valence-corrected chi connectivity index (χ0v) is 9.48. The van der Waals surface area contributed by atoms with E-state index in [4.69, 9.17) is 17.3 Å². The predicted molar refractivity (Wildman–Crippen MR) is 58.4 cm³/mol. The molecule has 0 aliphatic heterocycles. The molecule has 0 spiro atoms. The summed E-state index contributed by atoms with van der Waals surface area (Å²) in [5, 5.41) is 0.484. The van der Waals surface area contributed by atoms with Crippen LogP contribution in [0.15, 0.2) is 18.2 Å². The molecule has 0 aromatic heterocycles. The van der Waals surface area contributed by atoms with Gasteiger partial charge in [-0.25, -0.2) is 8.78 Å². The normalized spacial score (nSPS) is 12.2. The van der Waals surface area contributed by atoms with E-state index in [1.54, 1.807) is 0 Å². The van der Waals surface area contributed by atoms with E-state index in [9.17, 15) is 8.78 Å². The van der Waals surface area contributed by atoms with Gasteiger partial charge in [0.25, 0.3) is 6.43 Å². The molecule has 0 saturated carbocycles. The number of benzene rings is 1. The molecule has 0 aliphatic carbocycles. The van der Waals surface area contributed by atoms with E-state index in [0.29, 0.717) is 17.0 Å². The number of alkyl halides is 2. The summed E-state index contributed by atoms with van der Waals surface area (Å²) in [7, 11) is 0. The molecule has 0 aliphatic rings. The molecule has 0 heterocycles. The highest BCUT2D eigenvalue weighted by Gasteiger charge is 2.16. The highest BCUT2D eigenvalue weighted by Crippen LogP contribution is 2.26. The SMILES string of the molecule is CC(C)(N)Cc1cc(C(F)F)ccc1Cl. The van der Waals surface area contributed by atoms with Crippen molar-refractivity contribution in [2.24, 2.45) is 5.73 Å². The van der Waals surface area contributed by atoms with Crippen LogP contribution in [0, 0.1) is 0 Å². The topological polar surface area (TPSA) is 26.0 Å². The Bertz CT molecular complexity index is 345. The van der Waals surface area contributed by atoms with Crippen LogP contribution in [0.3, 0.4) is 0 Å². The molecule has 1 nitrogen and oxygen atoms in total. The summed E-state index contributed by atoms with van der Waals surface area (Å²) in [5.74, 6) is 0. The van der Waals surface area contributed by atoms with Gasteiger partial charge in [-0.3, -0.25) is 0 Å². The third kappa shape index (κ3) is 3.76. The lowest BCUT2D eigenvalue weighted by molar-refractivity contribution is 0.151. The zero-order valence-electron chi connectivity index (χ0n) is 8.73. The van der Waals surface area contributed by atoms with E-state index < -0.39 is 12.0 Å². The molecule has 84 valence electrons. The maximum Gasteiger partial charge on any atom is 0.263 e. The Morgan fingerprint density at radius 3 is 2.47 bits per heavy atom. The lowest BCUT2D eigenvalue weighted by atomic mass is 9.95. The molecule has 1 aromatic rings. The third-order valence-electron chi connectivity index (χ3n) is 1.97. The Kier molecular flexibility index (Phi) is 3.68. The number of nitrogens with two attached hydrogens (primary N) is 1. The molecule has 1 aromatic carbocycles. The summed E-state index contributed by atoms with van der Waals surface area (Å²) in [6, 6.07) is 4.24. The van der Waals surface area contributed by atoms with Crippen molar-refractivity contribution in [3.63, 3.8) is 0 Å². The third-order valence-corrected chi connectivity index (χ3v) is 2.34. The van der Waals surface area contributed by atoms with Crippen molar-refractivity contribution in [1.82, 2.24) is 0 Å². The summed E-state index contributed by atoms with van der Waals surface area (Å²) >= 11 is 5.91. The summed E-state index contributed by atoms with van der Waals surface area (Å²) in [6.07, 6.45) is -1.99. The van der Waals surface area contributed by atoms with Crippen molar-refractivity contribution in [3.05, 3.63) is 34.3 Å².